The molecule has 1 unspecified atom stereocenters. The first-order valence-electron chi connectivity index (χ1n) is 7.75. The molecule has 6 heteroatoms. The standard InChI is InChI=1S/C15H22N4O2/c16-15(21)12-8-17-19(9-12)13-5-6-18(10-13)14(20)7-11-3-1-2-4-11/h8-9,11,13H,1-7,10H2,(H2,16,21). The third kappa shape index (κ3) is 3.09. The molecule has 2 fully saturated rings. The minimum atomic E-state index is -0.464. The van der Waals surface area contributed by atoms with Crippen molar-refractivity contribution in [3.8, 4) is 0 Å². The minimum Gasteiger partial charge on any atom is -0.366 e. The fourth-order valence-corrected chi connectivity index (χ4v) is 3.44. The predicted molar refractivity (Wildman–Crippen MR) is 77.6 cm³/mol. The highest BCUT2D eigenvalue weighted by Gasteiger charge is 2.29. The summed E-state index contributed by atoms with van der Waals surface area (Å²) < 4.78 is 1.77. The van der Waals surface area contributed by atoms with E-state index in [9.17, 15) is 9.59 Å². The fraction of sp³-hybridized carbons (Fsp3) is 0.667. The van der Waals surface area contributed by atoms with Crippen LogP contribution in [0.2, 0.25) is 0 Å². The second kappa shape index (κ2) is 5.87. The van der Waals surface area contributed by atoms with Gasteiger partial charge in [-0.3, -0.25) is 14.3 Å². The molecule has 1 saturated carbocycles. The molecule has 6 nitrogen and oxygen atoms in total. The summed E-state index contributed by atoms with van der Waals surface area (Å²) in [6.45, 7) is 1.47. The molecule has 1 aromatic rings. The van der Waals surface area contributed by atoms with Crippen molar-refractivity contribution < 1.29 is 9.59 Å². The zero-order valence-corrected chi connectivity index (χ0v) is 12.2. The van der Waals surface area contributed by atoms with Gasteiger partial charge in [0, 0.05) is 25.7 Å². The first-order chi connectivity index (χ1) is 10.1. The second-order valence-electron chi connectivity index (χ2n) is 6.21. The Kier molecular flexibility index (Phi) is 3.94. The number of hydrogen-bond acceptors (Lipinski definition) is 3. The lowest BCUT2D eigenvalue weighted by molar-refractivity contribution is -0.131. The average Bonchev–Trinajstić information content (AvgIpc) is 3.19. The molecule has 2 aliphatic rings. The van der Waals surface area contributed by atoms with E-state index in [0.717, 1.165) is 13.0 Å². The van der Waals surface area contributed by atoms with Crippen LogP contribution in [0, 0.1) is 5.92 Å². The third-order valence-electron chi connectivity index (χ3n) is 4.71. The van der Waals surface area contributed by atoms with Crippen molar-refractivity contribution in [2.24, 2.45) is 11.7 Å². The molecule has 1 atom stereocenters. The van der Waals surface area contributed by atoms with Gasteiger partial charge >= 0.3 is 0 Å². The molecule has 1 saturated heterocycles. The normalized spacial score (nSPS) is 22.9. The average molecular weight is 290 g/mol. The Bertz CT molecular complexity index is 534. The van der Waals surface area contributed by atoms with Crippen LogP contribution in [0.4, 0.5) is 0 Å². The molecule has 2 N–H and O–H groups in total. The monoisotopic (exact) mass is 290 g/mol. The molecule has 21 heavy (non-hydrogen) atoms. The summed E-state index contributed by atoms with van der Waals surface area (Å²) in [5, 5.41) is 4.19. The molecular formula is C15H22N4O2. The highest BCUT2D eigenvalue weighted by molar-refractivity contribution is 5.92. The van der Waals surface area contributed by atoms with Crippen LogP contribution in [0.25, 0.3) is 0 Å². The van der Waals surface area contributed by atoms with Gasteiger partial charge in [0.05, 0.1) is 17.8 Å². The maximum atomic E-state index is 12.3. The zero-order chi connectivity index (χ0) is 14.8. The molecule has 2 heterocycles. The van der Waals surface area contributed by atoms with Gasteiger partial charge in [0.25, 0.3) is 5.91 Å². The molecule has 1 aliphatic carbocycles. The summed E-state index contributed by atoms with van der Waals surface area (Å²) in [6.07, 6.45) is 9.68. The van der Waals surface area contributed by atoms with Crippen molar-refractivity contribution in [2.45, 2.75) is 44.6 Å². The quantitative estimate of drug-likeness (QED) is 0.908. The summed E-state index contributed by atoms with van der Waals surface area (Å²) in [4.78, 5) is 25.4. The molecule has 2 amide bonds. The predicted octanol–water partition coefficient (Wildman–Crippen LogP) is 1.34. The van der Waals surface area contributed by atoms with Crippen LogP contribution in [0.5, 0.6) is 0 Å². The van der Waals surface area contributed by atoms with Gasteiger partial charge in [0.1, 0.15) is 0 Å². The van der Waals surface area contributed by atoms with Gasteiger partial charge in [0.2, 0.25) is 5.91 Å². The van der Waals surface area contributed by atoms with Gasteiger partial charge in [0.15, 0.2) is 0 Å². The SMILES string of the molecule is NC(=O)c1cnn(C2CCN(C(=O)CC3CCCC3)C2)c1. The first kappa shape index (κ1) is 14.1. The molecule has 0 radical (unpaired) electrons. The number of nitrogens with zero attached hydrogens (tertiary/aromatic N) is 3. The molecule has 114 valence electrons. The number of likely N-dealkylation sites (tertiary alicyclic amines) is 1. The van der Waals surface area contributed by atoms with E-state index in [1.165, 1.54) is 31.9 Å². The Morgan fingerprint density at radius 3 is 2.71 bits per heavy atom. The van der Waals surface area contributed by atoms with Crippen molar-refractivity contribution in [3.05, 3.63) is 18.0 Å². The molecule has 1 aliphatic heterocycles. The van der Waals surface area contributed by atoms with E-state index >= 15 is 0 Å². The Hall–Kier alpha value is -1.85. The summed E-state index contributed by atoms with van der Waals surface area (Å²) in [7, 11) is 0. The minimum absolute atomic E-state index is 0.158. The third-order valence-corrected chi connectivity index (χ3v) is 4.71. The van der Waals surface area contributed by atoms with Crippen LogP contribution in [0.3, 0.4) is 0 Å². The Morgan fingerprint density at radius 1 is 1.29 bits per heavy atom. The molecule has 0 spiro atoms. The van der Waals surface area contributed by atoms with E-state index < -0.39 is 5.91 Å². The Morgan fingerprint density at radius 2 is 2.05 bits per heavy atom. The lowest BCUT2D eigenvalue weighted by Crippen LogP contribution is -2.30. The van der Waals surface area contributed by atoms with E-state index in [4.69, 9.17) is 5.73 Å². The highest BCUT2D eigenvalue weighted by Crippen LogP contribution is 2.29. The number of carbonyl (C=O) groups is 2. The van der Waals surface area contributed by atoms with Gasteiger partial charge in [-0.15, -0.1) is 0 Å². The molecule has 3 rings (SSSR count). The Balaban J connectivity index is 1.56. The summed E-state index contributed by atoms with van der Waals surface area (Å²) in [6, 6.07) is 0.158. The lowest BCUT2D eigenvalue weighted by atomic mass is 10.0. The first-order valence-corrected chi connectivity index (χ1v) is 7.75. The number of carbonyl (C=O) groups excluding carboxylic acids is 2. The van der Waals surface area contributed by atoms with E-state index in [1.807, 2.05) is 4.90 Å². The van der Waals surface area contributed by atoms with Crippen LogP contribution in [-0.2, 0) is 4.79 Å². The van der Waals surface area contributed by atoms with E-state index in [-0.39, 0.29) is 11.9 Å². The van der Waals surface area contributed by atoms with Crippen LogP contribution in [0.1, 0.15) is 54.9 Å². The number of rotatable bonds is 4. The number of nitrogens with two attached hydrogens (primary N) is 1. The fourth-order valence-electron chi connectivity index (χ4n) is 3.44. The number of amides is 2. The number of primary amides is 1. The van der Waals surface area contributed by atoms with Crippen LogP contribution in [-0.4, -0.2) is 39.6 Å². The maximum Gasteiger partial charge on any atom is 0.251 e. The van der Waals surface area contributed by atoms with Gasteiger partial charge in [-0.1, -0.05) is 12.8 Å². The van der Waals surface area contributed by atoms with E-state index in [2.05, 4.69) is 5.10 Å². The summed E-state index contributed by atoms with van der Waals surface area (Å²) in [5.74, 6) is 0.391. The van der Waals surface area contributed by atoms with Crippen molar-refractivity contribution in [3.63, 3.8) is 0 Å². The highest BCUT2D eigenvalue weighted by atomic mass is 16.2. The summed E-state index contributed by atoms with van der Waals surface area (Å²) >= 11 is 0. The zero-order valence-electron chi connectivity index (χ0n) is 12.2. The maximum absolute atomic E-state index is 12.3. The Labute approximate surface area is 124 Å². The molecular weight excluding hydrogens is 268 g/mol. The van der Waals surface area contributed by atoms with Crippen LogP contribution >= 0.6 is 0 Å². The summed E-state index contributed by atoms with van der Waals surface area (Å²) in [5.41, 5.74) is 5.66. The van der Waals surface area contributed by atoms with Crippen molar-refractivity contribution >= 4 is 11.8 Å². The number of aromatic nitrogens is 2. The van der Waals surface area contributed by atoms with Crippen LogP contribution in [0.15, 0.2) is 12.4 Å². The topological polar surface area (TPSA) is 81.2 Å². The molecule has 1 aromatic heterocycles. The van der Waals surface area contributed by atoms with E-state index in [0.29, 0.717) is 24.4 Å². The lowest BCUT2D eigenvalue weighted by Gasteiger charge is -2.18. The molecule has 0 bridgehead atoms. The smallest absolute Gasteiger partial charge is 0.251 e. The van der Waals surface area contributed by atoms with Crippen LogP contribution < -0.4 is 5.73 Å². The van der Waals surface area contributed by atoms with Crippen molar-refractivity contribution in [1.29, 1.82) is 0 Å². The van der Waals surface area contributed by atoms with Gasteiger partial charge in [-0.05, 0) is 25.2 Å². The largest absolute Gasteiger partial charge is 0.366 e. The number of hydrogen-bond donors (Lipinski definition) is 1. The van der Waals surface area contributed by atoms with Gasteiger partial charge < -0.3 is 10.6 Å². The van der Waals surface area contributed by atoms with Gasteiger partial charge in [-0.25, -0.2) is 0 Å². The molecule has 0 aromatic carbocycles. The van der Waals surface area contributed by atoms with Gasteiger partial charge in [-0.2, -0.15) is 5.10 Å². The van der Waals surface area contributed by atoms with Crippen molar-refractivity contribution in [1.82, 2.24) is 14.7 Å². The van der Waals surface area contributed by atoms with Crippen molar-refractivity contribution in [2.75, 3.05) is 13.1 Å². The van der Waals surface area contributed by atoms with E-state index in [1.54, 1.807) is 10.9 Å². The second-order valence-corrected chi connectivity index (χ2v) is 6.21.